The van der Waals surface area contributed by atoms with Crippen LogP contribution in [0.3, 0.4) is 0 Å². The first-order valence-corrected chi connectivity index (χ1v) is 9.28. The molecular weight excluding hydrogens is 260 g/mol. The second-order valence-electron chi connectivity index (χ2n) is 7.05. The molecule has 3 nitrogen and oxygen atoms in total. The maximum Gasteiger partial charge on any atom is 0.0579 e. The summed E-state index contributed by atoms with van der Waals surface area (Å²) in [6.45, 7) is 4.36. The van der Waals surface area contributed by atoms with E-state index in [4.69, 9.17) is 16.2 Å². The van der Waals surface area contributed by atoms with E-state index in [0.29, 0.717) is 24.3 Å². The average Bonchev–Trinajstić information content (AvgIpc) is 2.40. The molecule has 1 aliphatic rings. The fraction of sp³-hybridized carbons (Fsp3) is 1.00. The van der Waals surface area contributed by atoms with Gasteiger partial charge in [-0.25, -0.2) is 0 Å². The van der Waals surface area contributed by atoms with Gasteiger partial charge in [-0.2, -0.15) is 0 Å². The summed E-state index contributed by atoms with van der Waals surface area (Å²) in [5.74, 6) is 0. The Bertz CT molecular complexity index is 235. The van der Waals surface area contributed by atoms with E-state index in [9.17, 15) is 0 Å². The summed E-state index contributed by atoms with van der Waals surface area (Å²) >= 11 is 0. The summed E-state index contributed by atoms with van der Waals surface area (Å²) in [7, 11) is 0. The van der Waals surface area contributed by atoms with Crippen molar-refractivity contribution in [2.24, 2.45) is 11.5 Å². The maximum atomic E-state index is 6.44. The van der Waals surface area contributed by atoms with Gasteiger partial charge in [0.05, 0.1) is 12.2 Å². The third-order valence-corrected chi connectivity index (χ3v) is 4.63. The third kappa shape index (κ3) is 9.49. The molecule has 0 saturated heterocycles. The van der Waals surface area contributed by atoms with Gasteiger partial charge in [0.25, 0.3) is 0 Å². The highest BCUT2D eigenvalue weighted by molar-refractivity contribution is 4.72. The first-order chi connectivity index (χ1) is 10.1. The molecule has 2 atom stereocenters. The van der Waals surface area contributed by atoms with Gasteiger partial charge in [-0.15, -0.1) is 0 Å². The number of hydrogen-bond donors (Lipinski definition) is 2. The molecule has 0 heterocycles. The van der Waals surface area contributed by atoms with Crippen LogP contribution >= 0.6 is 0 Å². The number of hydrogen-bond acceptors (Lipinski definition) is 3. The number of unbranched alkanes of at least 4 members (excludes halogenated alkanes) is 1. The van der Waals surface area contributed by atoms with Crippen molar-refractivity contribution < 1.29 is 4.74 Å². The summed E-state index contributed by atoms with van der Waals surface area (Å²) in [5.41, 5.74) is 11.9. The standard InChI is InChI=1S/C18H38N2O/c1-3-8-17(12-5-4-9-15(2)19)21-18-13-6-10-16(20)11-7-14-18/h15-18H,3-14,19-20H2,1-2H3. The highest BCUT2D eigenvalue weighted by atomic mass is 16.5. The van der Waals surface area contributed by atoms with E-state index in [0.717, 1.165) is 6.42 Å². The van der Waals surface area contributed by atoms with E-state index in [-0.39, 0.29) is 0 Å². The molecule has 1 saturated carbocycles. The Morgan fingerprint density at radius 2 is 1.62 bits per heavy atom. The molecule has 0 aromatic heterocycles. The highest BCUT2D eigenvalue weighted by Gasteiger charge is 2.19. The van der Waals surface area contributed by atoms with Gasteiger partial charge in [0.1, 0.15) is 0 Å². The fourth-order valence-electron chi connectivity index (χ4n) is 3.35. The van der Waals surface area contributed by atoms with Gasteiger partial charge in [-0.05, 0) is 64.7 Å². The molecule has 0 spiro atoms. The van der Waals surface area contributed by atoms with E-state index in [1.165, 1.54) is 70.6 Å². The maximum absolute atomic E-state index is 6.44. The van der Waals surface area contributed by atoms with Crippen LogP contribution in [0.2, 0.25) is 0 Å². The first-order valence-electron chi connectivity index (χ1n) is 9.28. The van der Waals surface area contributed by atoms with Crippen LogP contribution in [0.1, 0.15) is 90.9 Å². The Kier molecular flexibility index (Phi) is 10.3. The van der Waals surface area contributed by atoms with Gasteiger partial charge < -0.3 is 16.2 Å². The van der Waals surface area contributed by atoms with Crippen molar-refractivity contribution in [1.29, 1.82) is 0 Å². The van der Waals surface area contributed by atoms with Crippen LogP contribution in [0.15, 0.2) is 0 Å². The number of rotatable bonds is 9. The van der Waals surface area contributed by atoms with Gasteiger partial charge in [-0.3, -0.25) is 0 Å². The fourth-order valence-corrected chi connectivity index (χ4v) is 3.35. The lowest BCUT2D eigenvalue weighted by atomic mass is 9.95. The van der Waals surface area contributed by atoms with Crippen LogP contribution in [0.4, 0.5) is 0 Å². The van der Waals surface area contributed by atoms with Crippen molar-refractivity contribution in [2.75, 3.05) is 0 Å². The van der Waals surface area contributed by atoms with Crippen molar-refractivity contribution in [3.05, 3.63) is 0 Å². The quantitative estimate of drug-likeness (QED) is 0.629. The molecule has 0 aromatic rings. The predicted molar refractivity (Wildman–Crippen MR) is 91.4 cm³/mol. The van der Waals surface area contributed by atoms with Crippen LogP contribution < -0.4 is 11.5 Å². The molecule has 0 aromatic carbocycles. The monoisotopic (exact) mass is 298 g/mol. The zero-order chi connectivity index (χ0) is 15.5. The Morgan fingerprint density at radius 3 is 2.19 bits per heavy atom. The zero-order valence-corrected chi connectivity index (χ0v) is 14.4. The highest BCUT2D eigenvalue weighted by Crippen LogP contribution is 2.23. The minimum absolute atomic E-state index is 0.338. The minimum atomic E-state index is 0.338. The zero-order valence-electron chi connectivity index (χ0n) is 14.4. The first kappa shape index (κ1) is 18.9. The molecule has 3 heteroatoms. The van der Waals surface area contributed by atoms with Crippen LogP contribution in [0.5, 0.6) is 0 Å². The average molecular weight is 299 g/mol. The predicted octanol–water partition coefficient (Wildman–Crippen LogP) is 4.13. The molecule has 0 bridgehead atoms. The molecule has 2 unspecified atom stereocenters. The van der Waals surface area contributed by atoms with Crippen LogP contribution in [-0.4, -0.2) is 24.3 Å². The van der Waals surface area contributed by atoms with E-state index in [1.54, 1.807) is 0 Å². The lowest BCUT2D eigenvalue weighted by molar-refractivity contribution is -0.0337. The Morgan fingerprint density at radius 1 is 1.00 bits per heavy atom. The Hall–Kier alpha value is -0.120. The second kappa shape index (κ2) is 11.4. The lowest BCUT2D eigenvalue weighted by Crippen LogP contribution is -2.27. The molecule has 0 radical (unpaired) electrons. The van der Waals surface area contributed by atoms with Gasteiger partial charge in [0, 0.05) is 12.1 Å². The molecule has 126 valence electrons. The van der Waals surface area contributed by atoms with Crippen LogP contribution in [0.25, 0.3) is 0 Å². The summed E-state index contributed by atoms with van der Waals surface area (Å²) in [4.78, 5) is 0. The van der Waals surface area contributed by atoms with Crippen molar-refractivity contribution in [2.45, 2.75) is 115 Å². The largest absolute Gasteiger partial charge is 0.375 e. The smallest absolute Gasteiger partial charge is 0.0579 e. The lowest BCUT2D eigenvalue weighted by Gasteiger charge is -2.27. The van der Waals surface area contributed by atoms with Gasteiger partial charge in [-0.1, -0.05) is 26.2 Å². The van der Waals surface area contributed by atoms with E-state index >= 15 is 0 Å². The number of ether oxygens (including phenoxy) is 1. The number of nitrogens with two attached hydrogens (primary N) is 2. The summed E-state index contributed by atoms with van der Waals surface area (Å²) in [5, 5.41) is 0. The van der Waals surface area contributed by atoms with E-state index in [1.807, 2.05) is 0 Å². The van der Waals surface area contributed by atoms with Crippen molar-refractivity contribution >= 4 is 0 Å². The molecule has 1 rings (SSSR count). The molecule has 4 N–H and O–H groups in total. The summed E-state index contributed by atoms with van der Waals surface area (Å²) in [6, 6.07) is 0.765. The van der Waals surface area contributed by atoms with E-state index < -0.39 is 0 Å². The Balaban J connectivity index is 2.27. The van der Waals surface area contributed by atoms with Crippen molar-refractivity contribution in [3.8, 4) is 0 Å². The molecule has 1 fully saturated rings. The van der Waals surface area contributed by atoms with Crippen molar-refractivity contribution in [1.82, 2.24) is 0 Å². The van der Waals surface area contributed by atoms with Gasteiger partial charge in [0.2, 0.25) is 0 Å². The molecule has 0 amide bonds. The van der Waals surface area contributed by atoms with Crippen LogP contribution in [0, 0.1) is 0 Å². The molecular formula is C18H38N2O. The van der Waals surface area contributed by atoms with Crippen LogP contribution in [-0.2, 0) is 4.74 Å². The van der Waals surface area contributed by atoms with Gasteiger partial charge >= 0.3 is 0 Å². The molecule has 21 heavy (non-hydrogen) atoms. The Labute approximate surface area is 132 Å². The topological polar surface area (TPSA) is 61.3 Å². The minimum Gasteiger partial charge on any atom is -0.375 e. The van der Waals surface area contributed by atoms with Crippen molar-refractivity contribution in [3.63, 3.8) is 0 Å². The molecule has 1 aliphatic carbocycles. The SMILES string of the molecule is CCCC(CCCCC(C)N)OC1CCCC(N)CCC1. The summed E-state index contributed by atoms with van der Waals surface area (Å²) < 4.78 is 6.44. The van der Waals surface area contributed by atoms with E-state index in [2.05, 4.69) is 13.8 Å². The third-order valence-electron chi connectivity index (χ3n) is 4.63. The summed E-state index contributed by atoms with van der Waals surface area (Å²) in [6.07, 6.45) is 15.4. The molecule has 0 aliphatic heterocycles. The normalized spacial score (nSPS) is 26.9. The van der Waals surface area contributed by atoms with Gasteiger partial charge in [0.15, 0.2) is 0 Å². The second-order valence-corrected chi connectivity index (χ2v) is 7.05.